The lowest BCUT2D eigenvalue weighted by Gasteiger charge is -2.08. The molecular weight excluding hydrogens is 283 g/mol. The zero-order valence-corrected chi connectivity index (χ0v) is 11.8. The summed E-state index contributed by atoms with van der Waals surface area (Å²) >= 11 is 11.7. The number of carbonyl (C=O) groups is 1. The Labute approximate surface area is 121 Å². The quantitative estimate of drug-likeness (QED) is 0.780. The number of halogens is 2. The lowest BCUT2D eigenvalue weighted by Crippen LogP contribution is -2.05. The van der Waals surface area contributed by atoms with E-state index in [0.717, 1.165) is 5.56 Å². The van der Waals surface area contributed by atoms with Gasteiger partial charge in [-0.2, -0.15) is 0 Å². The van der Waals surface area contributed by atoms with Crippen LogP contribution >= 0.6 is 23.2 Å². The molecule has 2 nitrogen and oxygen atoms in total. The van der Waals surface area contributed by atoms with Gasteiger partial charge in [-0.25, -0.2) is 0 Å². The minimum absolute atomic E-state index is 0.0249. The Balaban J connectivity index is 2.23. The molecule has 0 aromatic heterocycles. The molecule has 4 heteroatoms. The fraction of sp³-hybridized carbons (Fsp3) is 0.133. The smallest absolute Gasteiger partial charge is 0.167 e. The van der Waals surface area contributed by atoms with E-state index in [9.17, 15) is 4.79 Å². The highest BCUT2D eigenvalue weighted by Crippen LogP contribution is 2.24. The van der Waals surface area contributed by atoms with Crippen LogP contribution in [0.3, 0.4) is 0 Å². The van der Waals surface area contributed by atoms with E-state index in [0.29, 0.717) is 21.4 Å². The molecule has 0 spiro atoms. The SMILES string of the molecule is COc1ccccc1CC(=O)c1ccc(Cl)c(Cl)c1. The van der Waals surface area contributed by atoms with Gasteiger partial charge in [-0.1, -0.05) is 41.4 Å². The van der Waals surface area contributed by atoms with Gasteiger partial charge in [0.2, 0.25) is 0 Å². The highest BCUT2D eigenvalue weighted by Gasteiger charge is 2.11. The molecule has 0 fully saturated rings. The number of hydrogen-bond acceptors (Lipinski definition) is 2. The molecule has 0 unspecified atom stereocenters. The third kappa shape index (κ3) is 3.28. The molecule has 0 saturated heterocycles. The normalized spacial score (nSPS) is 10.3. The van der Waals surface area contributed by atoms with Crippen molar-refractivity contribution in [2.24, 2.45) is 0 Å². The maximum atomic E-state index is 12.2. The van der Waals surface area contributed by atoms with Crippen LogP contribution in [0.25, 0.3) is 0 Å². The largest absolute Gasteiger partial charge is 0.496 e. The van der Waals surface area contributed by atoms with Gasteiger partial charge in [0.05, 0.1) is 17.2 Å². The maximum absolute atomic E-state index is 12.2. The van der Waals surface area contributed by atoms with E-state index >= 15 is 0 Å². The average Bonchev–Trinajstić information content (AvgIpc) is 2.42. The van der Waals surface area contributed by atoms with Gasteiger partial charge in [0.1, 0.15) is 5.75 Å². The number of ether oxygens (including phenoxy) is 1. The molecule has 0 amide bonds. The minimum atomic E-state index is -0.0249. The second-order valence-electron chi connectivity index (χ2n) is 4.04. The molecule has 2 aromatic rings. The molecule has 19 heavy (non-hydrogen) atoms. The number of hydrogen-bond donors (Lipinski definition) is 0. The van der Waals surface area contributed by atoms with Crippen molar-refractivity contribution in [3.8, 4) is 5.75 Å². The molecule has 0 bridgehead atoms. The molecule has 0 saturated carbocycles. The Morgan fingerprint density at radius 1 is 1.11 bits per heavy atom. The van der Waals surface area contributed by atoms with E-state index in [2.05, 4.69) is 0 Å². The molecule has 0 atom stereocenters. The van der Waals surface area contributed by atoms with Crippen LogP contribution in [-0.4, -0.2) is 12.9 Å². The zero-order chi connectivity index (χ0) is 13.8. The Kier molecular flexibility index (Phi) is 4.46. The predicted molar refractivity (Wildman–Crippen MR) is 77.5 cm³/mol. The van der Waals surface area contributed by atoms with Crippen molar-refractivity contribution in [2.75, 3.05) is 7.11 Å². The molecule has 0 aliphatic rings. The summed E-state index contributed by atoms with van der Waals surface area (Å²) in [7, 11) is 1.59. The van der Waals surface area contributed by atoms with E-state index < -0.39 is 0 Å². The summed E-state index contributed by atoms with van der Waals surface area (Å²) in [4.78, 5) is 12.2. The monoisotopic (exact) mass is 294 g/mol. The second-order valence-corrected chi connectivity index (χ2v) is 4.86. The molecule has 0 radical (unpaired) electrons. The first-order valence-electron chi connectivity index (χ1n) is 5.72. The summed E-state index contributed by atoms with van der Waals surface area (Å²) in [6.45, 7) is 0. The van der Waals surface area contributed by atoms with E-state index in [4.69, 9.17) is 27.9 Å². The molecule has 0 aliphatic heterocycles. The van der Waals surface area contributed by atoms with Crippen LogP contribution in [0.1, 0.15) is 15.9 Å². The number of rotatable bonds is 4. The van der Waals surface area contributed by atoms with E-state index in [1.807, 2.05) is 24.3 Å². The van der Waals surface area contributed by atoms with Crippen molar-refractivity contribution in [3.63, 3.8) is 0 Å². The first-order chi connectivity index (χ1) is 9.11. The third-order valence-corrected chi connectivity index (χ3v) is 3.52. The summed E-state index contributed by atoms with van der Waals surface area (Å²) in [5.74, 6) is 0.680. The van der Waals surface area contributed by atoms with Gasteiger partial charge in [-0.3, -0.25) is 4.79 Å². The molecule has 2 rings (SSSR count). The van der Waals surface area contributed by atoms with Crippen LogP contribution < -0.4 is 4.74 Å². The van der Waals surface area contributed by atoms with Crippen LogP contribution in [0.5, 0.6) is 5.75 Å². The van der Waals surface area contributed by atoms with E-state index in [-0.39, 0.29) is 12.2 Å². The predicted octanol–water partition coefficient (Wildman–Crippen LogP) is 4.43. The van der Waals surface area contributed by atoms with Crippen molar-refractivity contribution in [1.82, 2.24) is 0 Å². The highest BCUT2D eigenvalue weighted by atomic mass is 35.5. The van der Waals surface area contributed by atoms with Gasteiger partial charge in [-0.05, 0) is 24.3 Å². The van der Waals surface area contributed by atoms with Crippen LogP contribution in [0.4, 0.5) is 0 Å². The third-order valence-electron chi connectivity index (χ3n) is 2.79. The van der Waals surface area contributed by atoms with Gasteiger partial charge in [-0.15, -0.1) is 0 Å². The first-order valence-corrected chi connectivity index (χ1v) is 6.47. The highest BCUT2D eigenvalue weighted by molar-refractivity contribution is 6.42. The number of ketones is 1. The Morgan fingerprint density at radius 2 is 1.84 bits per heavy atom. The van der Waals surface area contributed by atoms with Crippen molar-refractivity contribution in [2.45, 2.75) is 6.42 Å². The summed E-state index contributed by atoms with van der Waals surface area (Å²) in [5.41, 5.74) is 1.39. The molecule has 0 heterocycles. The molecule has 2 aromatic carbocycles. The molecular formula is C15H12Cl2O2. The van der Waals surface area contributed by atoms with E-state index in [1.165, 1.54) is 0 Å². The van der Waals surface area contributed by atoms with E-state index in [1.54, 1.807) is 25.3 Å². The Bertz CT molecular complexity index is 609. The van der Waals surface area contributed by atoms with Crippen LogP contribution in [0.15, 0.2) is 42.5 Å². The molecule has 0 N–H and O–H groups in total. The fourth-order valence-electron chi connectivity index (χ4n) is 1.79. The average molecular weight is 295 g/mol. The van der Waals surface area contributed by atoms with Crippen molar-refractivity contribution < 1.29 is 9.53 Å². The number of Topliss-reactive ketones (excluding diaryl/α,β-unsaturated/α-hetero) is 1. The zero-order valence-electron chi connectivity index (χ0n) is 10.3. The summed E-state index contributed by atoms with van der Waals surface area (Å²) in [6.07, 6.45) is 0.266. The van der Waals surface area contributed by atoms with Gasteiger partial charge in [0, 0.05) is 17.5 Å². The van der Waals surface area contributed by atoms with Crippen LogP contribution in [-0.2, 0) is 6.42 Å². The van der Waals surface area contributed by atoms with Crippen molar-refractivity contribution >= 4 is 29.0 Å². The van der Waals surface area contributed by atoms with Gasteiger partial charge < -0.3 is 4.74 Å². The Morgan fingerprint density at radius 3 is 2.53 bits per heavy atom. The number of para-hydroxylation sites is 1. The lowest BCUT2D eigenvalue weighted by atomic mass is 10.0. The number of methoxy groups -OCH3 is 1. The summed E-state index contributed by atoms with van der Waals surface area (Å²) in [6, 6.07) is 12.3. The van der Waals surface area contributed by atoms with Crippen LogP contribution in [0, 0.1) is 0 Å². The van der Waals surface area contributed by atoms with Gasteiger partial charge >= 0.3 is 0 Å². The molecule has 98 valence electrons. The summed E-state index contributed by atoms with van der Waals surface area (Å²) < 4.78 is 5.23. The molecule has 0 aliphatic carbocycles. The minimum Gasteiger partial charge on any atom is -0.496 e. The standard InChI is InChI=1S/C15H12Cl2O2/c1-19-15-5-3-2-4-11(15)9-14(18)10-6-7-12(16)13(17)8-10/h2-8H,9H2,1H3. The fourth-order valence-corrected chi connectivity index (χ4v) is 2.09. The number of carbonyl (C=O) groups excluding carboxylic acids is 1. The maximum Gasteiger partial charge on any atom is 0.167 e. The first kappa shape index (κ1) is 13.9. The number of benzene rings is 2. The van der Waals surface area contributed by atoms with Gasteiger partial charge in [0.15, 0.2) is 5.78 Å². The Hall–Kier alpha value is -1.51. The topological polar surface area (TPSA) is 26.3 Å². The lowest BCUT2D eigenvalue weighted by molar-refractivity contribution is 0.0992. The van der Waals surface area contributed by atoms with Crippen LogP contribution in [0.2, 0.25) is 10.0 Å². The summed E-state index contributed by atoms with van der Waals surface area (Å²) in [5, 5.41) is 0.822. The second kappa shape index (κ2) is 6.09. The van der Waals surface area contributed by atoms with Crippen molar-refractivity contribution in [1.29, 1.82) is 0 Å². The van der Waals surface area contributed by atoms with Gasteiger partial charge in [0.25, 0.3) is 0 Å². The van der Waals surface area contributed by atoms with Crippen molar-refractivity contribution in [3.05, 3.63) is 63.6 Å².